The lowest BCUT2D eigenvalue weighted by Crippen LogP contribution is -2.74. The molecule has 0 saturated carbocycles. The van der Waals surface area contributed by atoms with Crippen molar-refractivity contribution < 1.29 is 23.0 Å². The van der Waals surface area contributed by atoms with Crippen molar-refractivity contribution in [3.63, 3.8) is 0 Å². The average Bonchev–Trinajstić information content (AvgIpc) is 1.53. The van der Waals surface area contributed by atoms with Crippen molar-refractivity contribution in [2.75, 3.05) is 0 Å². The highest BCUT2D eigenvalue weighted by Gasteiger charge is 2.45. The fourth-order valence-electron chi connectivity index (χ4n) is 20.7. The summed E-state index contributed by atoms with van der Waals surface area (Å²) < 4.78 is 72.0. The van der Waals surface area contributed by atoms with Crippen LogP contribution >= 0.6 is 39.9 Å². The first kappa shape index (κ1) is 94.1. The molecule has 13 heteroatoms. The van der Waals surface area contributed by atoms with E-state index in [0.29, 0.717) is 22.1 Å². The summed E-state index contributed by atoms with van der Waals surface area (Å²) in [4.78, 5) is 0. The van der Waals surface area contributed by atoms with E-state index < -0.39 is 44.7 Å². The number of benzene rings is 21. The van der Waals surface area contributed by atoms with E-state index in [2.05, 4.69) is 292 Å². The van der Waals surface area contributed by atoms with Gasteiger partial charge in [-0.05, 0) is 137 Å². The lowest BCUT2D eigenvalue weighted by atomic mass is 9.87. The minimum Gasteiger partial charge on any atom is -0.456 e. The number of hydrogen-bond donors (Lipinski definition) is 0. The molecule has 0 saturated heterocycles. The Bertz CT molecular complexity index is 7760. The van der Waals surface area contributed by atoms with Gasteiger partial charge in [0.05, 0.1) is 21.6 Å². The smallest absolute Gasteiger partial charge is 0.179 e. The molecule has 692 valence electrons. The van der Waals surface area contributed by atoms with E-state index in [-0.39, 0.29) is 5.41 Å². The summed E-state index contributed by atoms with van der Waals surface area (Å²) >= 11 is 1.70. The monoisotopic (exact) mass is 1970 g/mol. The number of thiophene rings is 1. The van der Waals surface area contributed by atoms with Crippen LogP contribution in [0.3, 0.4) is 0 Å². The minimum atomic E-state index is -3.32. The molecule has 0 spiro atoms. The zero-order valence-electron chi connectivity index (χ0n) is 79.5. The van der Waals surface area contributed by atoms with Crippen LogP contribution in [-0.2, 0) is 23.7 Å². The normalized spacial score (nSPS) is 12.0. The zero-order valence-corrected chi connectivity index (χ0v) is 85.9. The van der Waals surface area contributed by atoms with E-state index in [4.69, 9.17) is 4.74 Å². The van der Waals surface area contributed by atoms with Gasteiger partial charge >= 0.3 is 0 Å². The average molecular weight is 1970 g/mol. The zero-order chi connectivity index (χ0) is 97.4. The Labute approximate surface area is 843 Å². The second-order valence-corrected chi connectivity index (χ2v) is 56.6. The molecule has 0 amide bonds. The van der Waals surface area contributed by atoms with Crippen LogP contribution in [0.1, 0.15) is 26.3 Å². The van der Waals surface area contributed by atoms with Crippen LogP contribution in [0.4, 0.5) is 0 Å². The highest BCUT2D eigenvalue weighted by atomic mass is 32.1. The van der Waals surface area contributed by atoms with Gasteiger partial charge in [-0.25, -0.2) is 0 Å². The maximum atomic E-state index is 15.2. The molecule has 0 bridgehead atoms. The molecule has 0 N–H and O–H groups in total. The topological polar surface area (TPSA) is 82.4 Å². The Kier molecular flexibility index (Phi) is 26.8. The molecule has 0 unspecified atom stereocenters. The number of para-hydroxylation sites is 2. The molecule has 0 aliphatic carbocycles. The Morgan fingerprint density at radius 2 is 0.441 bits per heavy atom. The van der Waals surface area contributed by atoms with Gasteiger partial charge in [0.15, 0.2) is 44.7 Å². The number of hydrogen-bond acceptors (Lipinski definition) is 6. The van der Waals surface area contributed by atoms with Gasteiger partial charge < -0.3 is 27.6 Å². The van der Waals surface area contributed by atoms with Crippen LogP contribution in [0, 0.1) is 0 Å². The molecule has 2 aromatic heterocycles. The van der Waals surface area contributed by atoms with Crippen LogP contribution in [0.25, 0.3) is 47.7 Å². The lowest BCUT2D eigenvalue weighted by molar-refractivity contribution is 0.489. The van der Waals surface area contributed by atoms with E-state index in [1.165, 1.54) is 74.6 Å². The molecule has 0 aliphatic heterocycles. The van der Waals surface area contributed by atoms with Crippen molar-refractivity contribution in [1.29, 1.82) is 0 Å². The largest absolute Gasteiger partial charge is 0.456 e. The van der Waals surface area contributed by atoms with E-state index in [9.17, 15) is 0 Å². The maximum absolute atomic E-state index is 15.2. The summed E-state index contributed by atoms with van der Waals surface area (Å²) in [6.45, 7) is 6.86. The van der Waals surface area contributed by atoms with E-state index in [1.54, 1.807) is 11.3 Å². The van der Waals surface area contributed by atoms with Crippen LogP contribution < -0.4 is 110 Å². The highest BCUT2D eigenvalue weighted by molar-refractivity contribution is 7.86. The summed E-state index contributed by atoms with van der Waals surface area (Å²) in [6.07, 6.45) is 0. The lowest BCUT2D eigenvalue weighted by Gasteiger charge is -2.34. The maximum Gasteiger partial charge on any atom is 0.179 e. The summed E-state index contributed by atoms with van der Waals surface area (Å²) in [5.41, 5.74) is 4.98. The van der Waals surface area contributed by atoms with E-state index in [0.717, 1.165) is 73.2 Å². The predicted molar refractivity (Wildman–Crippen MR) is 617 cm³/mol. The summed E-state index contributed by atoms with van der Waals surface area (Å²) in [7, 11) is -18.5. The van der Waals surface area contributed by atoms with Crippen LogP contribution in [-0.4, -0.2) is 20.7 Å². The van der Waals surface area contributed by atoms with Gasteiger partial charge in [0.25, 0.3) is 0 Å². The third-order valence-corrected chi connectivity index (χ3v) is 50.6. The second kappa shape index (κ2) is 40.8. The van der Waals surface area contributed by atoms with Crippen molar-refractivity contribution in [3.8, 4) is 17.2 Å². The predicted octanol–water partition coefficient (Wildman–Crippen LogP) is 22.9. The van der Waals surface area contributed by atoms with Gasteiger partial charge in [-0.15, -0.1) is 11.3 Å². The SMILES string of the molecule is CC(C)(C)c1ccc(-n2c3ccc([Si](c4ccccc4)(c4ccccc4)c4ccccc4)cc3c3cc([Si](c4ccccc4)(c4ccccc4)c4ccccc4)ccc32)cc1.O=P(c1ccccc1)(c1ccccc1)c1ccc2sc3ccc(P(=O)(c4ccccc4)c4ccccc4)cc3c2c1.O=P(c1ccccc1)(c1ccccc1)c1ccccc1Oc1ccccc1P(=O)(c1ccccc1)c1ccccc1. The van der Waals surface area contributed by atoms with Crippen molar-refractivity contribution >= 4 is 203 Å². The molecule has 23 aromatic rings. The van der Waals surface area contributed by atoms with Gasteiger partial charge in [-0.3, -0.25) is 0 Å². The fraction of sp³-hybridized carbons (Fsp3) is 0.0308. The molecule has 6 nitrogen and oxygen atoms in total. The summed E-state index contributed by atoms with van der Waals surface area (Å²) in [5.74, 6) is 0.923. The number of ether oxygens (including phenoxy) is 1. The van der Waals surface area contributed by atoms with Crippen molar-refractivity contribution in [2.24, 2.45) is 0 Å². The van der Waals surface area contributed by atoms with Crippen molar-refractivity contribution in [2.45, 2.75) is 26.2 Å². The van der Waals surface area contributed by atoms with Gasteiger partial charge in [-0.1, -0.05) is 506 Å². The van der Waals surface area contributed by atoms with Crippen LogP contribution in [0.15, 0.2) is 570 Å². The standard InChI is InChI=1S/C58H49NSi2.C36H28O3P2.C36H26O2P2S/c1-58(2,3)44-34-36-45(37-35-44)59-56-40-38-52(60(46-22-10-4-11-23-46,47-24-12-5-13-25-47)48-26-14-6-15-27-48)42-54(56)55-43-53(39-41-57(55)59)61(49-28-16-7-17-29-49,50-30-18-8-19-31-50)51-32-20-9-21-33-51;37-40(29-17-5-1-6-18-29,30-19-7-2-8-20-30)35-27-15-13-25-33(35)39-34-26-14-16-28-36(34)41(38,31-21-9-3-10-22-31)32-23-11-4-12-24-32;37-39(27-13-5-1-6-14-27,28-15-7-2-8-16-28)31-21-23-35-33(25-31)34-26-32(22-24-36(34)41-35)40(38,29-17-9-3-10-18-29)30-19-11-4-12-20-30/h4-43H,1-3H3;1-28H;1-26H. The minimum absolute atomic E-state index is 0.0592. The van der Waals surface area contributed by atoms with Gasteiger partial charge in [0, 0.05) is 89.7 Å². The fourth-order valence-corrected chi connectivity index (χ4v) is 42.2. The van der Waals surface area contributed by atoms with E-state index in [1.807, 2.05) is 303 Å². The first-order valence-electron chi connectivity index (χ1n) is 48.3. The third kappa shape index (κ3) is 17.6. The first-order valence-corrected chi connectivity index (χ1v) is 60.0. The number of nitrogens with zero attached hydrogens (tertiary/aromatic N) is 1. The molecule has 0 atom stereocenters. The number of aromatic nitrogens is 1. The molecule has 143 heavy (non-hydrogen) atoms. The Balaban J connectivity index is 0.000000131. The summed E-state index contributed by atoms with van der Waals surface area (Å²) in [5, 5.41) is 24.4. The van der Waals surface area contributed by atoms with Crippen molar-refractivity contribution in [1.82, 2.24) is 4.57 Å². The number of rotatable bonds is 23. The molecular formula is C130H103NO5P4SSi2. The molecule has 21 aromatic carbocycles. The first-order chi connectivity index (χ1) is 70.1. The van der Waals surface area contributed by atoms with Gasteiger partial charge in [0.1, 0.15) is 11.5 Å². The molecule has 0 radical (unpaired) electrons. The quantitative estimate of drug-likeness (QED) is 0.0362. The second-order valence-electron chi connectivity index (χ2n) is 36.9. The van der Waals surface area contributed by atoms with Crippen LogP contribution in [0.5, 0.6) is 11.5 Å². The Hall–Kier alpha value is -15.2. The van der Waals surface area contributed by atoms with Gasteiger partial charge in [0.2, 0.25) is 0 Å². The van der Waals surface area contributed by atoms with Crippen molar-refractivity contribution in [3.05, 3.63) is 576 Å². The molecular weight excluding hydrogens is 1870 g/mol. The molecule has 0 aliphatic rings. The number of fused-ring (bicyclic) bond motifs is 6. The Morgan fingerprint density at radius 1 is 0.210 bits per heavy atom. The highest BCUT2D eigenvalue weighted by Crippen LogP contribution is 2.51. The Morgan fingerprint density at radius 3 is 0.692 bits per heavy atom. The molecule has 0 fully saturated rings. The third-order valence-electron chi connectivity index (χ3n) is 27.6. The molecule has 23 rings (SSSR count). The van der Waals surface area contributed by atoms with Gasteiger partial charge in [-0.2, -0.15) is 0 Å². The van der Waals surface area contributed by atoms with Crippen LogP contribution in [0.2, 0.25) is 0 Å². The van der Waals surface area contributed by atoms with E-state index >= 15 is 18.3 Å². The summed E-state index contributed by atoms with van der Waals surface area (Å²) in [6, 6.07) is 196. The molecule has 2 heterocycles.